The molecular formula is C14H22N4. The van der Waals surface area contributed by atoms with Gasteiger partial charge in [-0.3, -0.25) is 0 Å². The fraction of sp³-hybridized carbons (Fsp3) is 0.500. The number of nitrogens with zero attached hydrogens (tertiary/aromatic N) is 3. The summed E-state index contributed by atoms with van der Waals surface area (Å²) in [7, 11) is 0. The average Bonchev–Trinajstić information content (AvgIpc) is 3.02. The van der Waals surface area contributed by atoms with Gasteiger partial charge in [0, 0.05) is 43.9 Å². The van der Waals surface area contributed by atoms with Gasteiger partial charge in [0.05, 0.1) is 6.33 Å². The normalized spacial score (nSPS) is 10.9. The Hall–Kier alpha value is -1.55. The number of rotatable bonds is 8. The molecule has 0 saturated carbocycles. The third kappa shape index (κ3) is 3.74. The van der Waals surface area contributed by atoms with E-state index in [0.717, 1.165) is 32.6 Å². The van der Waals surface area contributed by atoms with Crippen molar-refractivity contribution in [1.29, 1.82) is 0 Å². The van der Waals surface area contributed by atoms with Crippen molar-refractivity contribution in [3.8, 4) is 0 Å². The molecular weight excluding hydrogens is 224 g/mol. The van der Waals surface area contributed by atoms with Gasteiger partial charge in [0.15, 0.2) is 0 Å². The number of hydrogen-bond acceptors (Lipinski definition) is 2. The molecule has 4 heteroatoms. The van der Waals surface area contributed by atoms with Crippen LogP contribution < -0.4 is 5.32 Å². The van der Waals surface area contributed by atoms with Crippen molar-refractivity contribution in [2.45, 2.75) is 39.4 Å². The highest BCUT2D eigenvalue weighted by molar-refractivity contribution is 5.06. The Labute approximate surface area is 109 Å². The van der Waals surface area contributed by atoms with E-state index >= 15 is 0 Å². The molecule has 2 aromatic rings. The molecule has 0 spiro atoms. The van der Waals surface area contributed by atoms with E-state index in [4.69, 9.17) is 0 Å². The second-order valence-corrected chi connectivity index (χ2v) is 4.52. The van der Waals surface area contributed by atoms with Crippen LogP contribution in [0.5, 0.6) is 0 Å². The van der Waals surface area contributed by atoms with Crippen LogP contribution in [0.3, 0.4) is 0 Å². The van der Waals surface area contributed by atoms with Crippen molar-refractivity contribution >= 4 is 0 Å². The summed E-state index contributed by atoms with van der Waals surface area (Å²) >= 11 is 0. The lowest BCUT2D eigenvalue weighted by Crippen LogP contribution is -2.17. The summed E-state index contributed by atoms with van der Waals surface area (Å²) in [4.78, 5) is 4.05. The monoisotopic (exact) mass is 246 g/mol. The number of hydrogen-bond donors (Lipinski definition) is 1. The van der Waals surface area contributed by atoms with Gasteiger partial charge in [-0.1, -0.05) is 6.92 Å². The van der Waals surface area contributed by atoms with Crippen LogP contribution in [0.4, 0.5) is 0 Å². The Morgan fingerprint density at radius 1 is 1.28 bits per heavy atom. The zero-order valence-corrected chi connectivity index (χ0v) is 11.0. The molecule has 98 valence electrons. The summed E-state index contributed by atoms with van der Waals surface area (Å²) in [6.07, 6.45) is 10.2. The summed E-state index contributed by atoms with van der Waals surface area (Å²) in [5, 5.41) is 3.45. The van der Waals surface area contributed by atoms with E-state index in [2.05, 4.69) is 44.7 Å². The van der Waals surface area contributed by atoms with Gasteiger partial charge >= 0.3 is 0 Å². The van der Waals surface area contributed by atoms with Crippen molar-refractivity contribution < 1.29 is 0 Å². The third-order valence-electron chi connectivity index (χ3n) is 3.03. The molecule has 0 aromatic carbocycles. The summed E-state index contributed by atoms with van der Waals surface area (Å²) in [6.45, 7) is 6.33. The minimum absolute atomic E-state index is 0.964. The SMILES string of the molecule is CCCNCc1cccn1CCCn1ccnc1. The van der Waals surface area contributed by atoms with Crippen LogP contribution in [-0.2, 0) is 19.6 Å². The van der Waals surface area contributed by atoms with Gasteiger partial charge in [0.1, 0.15) is 0 Å². The molecule has 18 heavy (non-hydrogen) atoms. The topological polar surface area (TPSA) is 34.8 Å². The van der Waals surface area contributed by atoms with Crippen LogP contribution in [0.1, 0.15) is 25.5 Å². The Bertz CT molecular complexity index is 430. The molecule has 0 fully saturated rings. The van der Waals surface area contributed by atoms with Gasteiger partial charge in [0.2, 0.25) is 0 Å². The molecule has 0 saturated heterocycles. The maximum atomic E-state index is 4.05. The Kier molecular flexibility index (Phi) is 5.02. The van der Waals surface area contributed by atoms with Crippen LogP contribution in [-0.4, -0.2) is 20.7 Å². The van der Waals surface area contributed by atoms with Crippen molar-refractivity contribution in [2.75, 3.05) is 6.54 Å². The fourth-order valence-electron chi connectivity index (χ4n) is 2.06. The molecule has 0 atom stereocenters. The van der Waals surface area contributed by atoms with E-state index in [1.54, 1.807) is 0 Å². The molecule has 0 radical (unpaired) electrons. The number of aryl methyl sites for hydroxylation is 2. The van der Waals surface area contributed by atoms with E-state index in [0.29, 0.717) is 0 Å². The minimum atomic E-state index is 0.964. The van der Waals surface area contributed by atoms with E-state index < -0.39 is 0 Å². The van der Waals surface area contributed by atoms with Gasteiger partial charge in [-0.15, -0.1) is 0 Å². The molecule has 0 aliphatic rings. The van der Waals surface area contributed by atoms with E-state index in [9.17, 15) is 0 Å². The molecule has 2 rings (SSSR count). The second-order valence-electron chi connectivity index (χ2n) is 4.52. The van der Waals surface area contributed by atoms with Crippen LogP contribution in [0.2, 0.25) is 0 Å². The Balaban J connectivity index is 1.76. The van der Waals surface area contributed by atoms with Gasteiger partial charge in [0.25, 0.3) is 0 Å². The van der Waals surface area contributed by atoms with E-state index in [1.165, 1.54) is 12.1 Å². The lowest BCUT2D eigenvalue weighted by atomic mass is 10.3. The van der Waals surface area contributed by atoms with Crippen LogP contribution in [0.15, 0.2) is 37.1 Å². The summed E-state index contributed by atoms with van der Waals surface area (Å²) in [5.41, 5.74) is 1.37. The van der Waals surface area contributed by atoms with Crippen LogP contribution in [0.25, 0.3) is 0 Å². The van der Waals surface area contributed by atoms with E-state index in [-0.39, 0.29) is 0 Å². The fourth-order valence-corrected chi connectivity index (χ4v) is 2.06. The van der Waals surface area contributed by atoms with Crippen LogP contribution in [0, 0.1) is 0 Å². The van der Waals surface area contributed by atoms with E-state index in [1.807, 2.05) is 18.7 Å². The molecule has 1 N–H and O–H groups in total. The molecule has 0 bridgehead atoms. The molecule has 0 amide bonds. The molecule has 0 unspecified atom stereocenters. The highest BCUT2D eigenvalue weighted by Gasteiger charge is 2.00. The third-order valence-corrected chi connectivity index (χ3v) is 3.03. The molecule has 0 aliphatic heterocycles. The molecule has 2 heterocycles. The standard InChI is InChI=1S/C14H22N4/c1-2-6-15-12-14-5-3-9-18(14)10-4-8-17-11-7-16-13-17/h3,5,7,9,11,13,15H,2,4,6,8,10,12H2,1H3. The quantitative estimate of drug-likeness (QED) is 0.725. The van der Waals surface area contributed by atoms with Crippen molar-refractivity contribution in [2.24, 2.45) is 0 Å². The highest BCUT2D eigenvalue weighted by atomic mass is 15.0. The number of imidazole rings is 1. The summed E-state index contributed by atoms with van der Waals surface area (Å²) in [5.74, 6) is 0. The Morgan fingerprint density at radius 2 is 2.22 bits per heavy atom. The average molecular weight is 246 g/mol. The zero-order chi connectivity index (χ0) is 12.6. The van der Waals surface area contributed by atoms with Gasteiger partial charge < -0.3 is 14.5 Å². The lowest BCUT2D eigenvalue weighted by Gasteiger charge is -2.10. The van der Waals surface area contributed by atoms with Crippen molar-refractivity contribution in [3.63, 3.8) is 0 Å². The summed E-state index contributed by atoms with van der Waals surface area (Å²) < 4.78 is 4.46. The lowest BCUT2D eigenvalue weighted by molar-refractivity contribution is 0.540. The Morgan fingerprint density at radius 3 is 3.00 bits per heavy atom. The molecule has 4 nitrogen and oxygen atoms in total. The molecule has 2 aromatic heterocycles. The first-order chi connectivity index (χ1) is 8.90. The second kappa shape index (κ2) is 7.01. The number of aromatic nitrogens is 3. The van der Waals surface area contributed by atoms with Gasteiger partial charge in [-0.2, -0.15) is 0 Å². The number of nitrogens with one attached hydrogen (secondary N) is 1. The molecule has 0 aliphatic carbocycles. The maximum absolute atomic E-state index is 4.05. The van der Waals surface area contributed by atoms with Crippen molar-refractivity contribution in [1.82, 2.24) is 19.4 Å². The predicted molar refractivity (Wildman–Crippen MR) is 73.3 cm³/mol. The van der Waals surface area contributed by atoms with Gasteiger partial charge in [-0.05, 0) is 31.5 Å². The van der Waals surface area contributed by atoms with Crippen LogP contribution >= 0.6 is 0 Å². The first-order valence-corrected chi connectivity index (χ1v) is 6.70. The highest BCUT2D eigenvalue weighted by Crippen LogP contribution is 2.04. The first kappa shape index (κ1) is 12.9. The zero-order valence-electron chi connectivity index (χ0n) is 11.0. The van der Waals surface area contributed by atoms with Gasteiger partial charge in [-0.25, -0.2) is 4.98 Å². The largest absolute Gasteiger partial charge is 0.350 e. The maximum Gasteiger partial charge on any atom is 0.0945 e. The minimum Gasteiger partial charge on any atom is -0.350 e. The predicted octanol–water partition coefficient (Wildman–Crippen LogP) is 2.27. The first-order valence-electron chi connectivity index (χ1n) is 6.70. The van der Waals surface area contributed by atoms with Crippen molar-refractivity contribution in [3.05, 3.63) is 42.7 Å². The smallest absolute Gasteiger partial charge is 0.0945 e. The summed E-state index contributed by atoms with van der Waals surface area (Å²) in [6, 6.07) is 4.32.